The molecular formula is C15H20N2O2. The van der Waals surface area contributed by atoms with Crippen LogP contribution in [0.2, 0.25) is 0 Å². The summed E-state index contributed by atoms with van der Waals surface area (Å²) in [5.74, 6) is -0.0114. The second-order valence-corrected chi connectivity index (χ2v) is 4.85. The first-order valence-electron chi connectivity index (χ1n) is 6.82. The summed E-state index contributed by atoms with van der Waals surface area (Å²) in [6.07, 6.45) is 1.27. The van der Waals surface area contributed by atoms with E-state index in [9.17, 15) is 9.59 Å². The Bertz CT molecular complexity index is 458. The summed E-state index contributed by atoms with van der Waals surface area (Å²) < 4.78 is 0. The fraction of sp³-hybridized carbons (Fsp3) is 0.467. The number of nitrogens with one attached hydrogen (secondary N) is 1. The van der Waals surface area contributed by atoms with Crippen LogP contribution in [0.5, 0.6) is 0 Å². The Kier molecular flexibility index (Phi) is 4.20. The maximum atomic E-state index is 12.4. The van der Waals surface area contributed by atoms with Gasteiger partial charge in [-0.2, -0.15) is 0 Å². The van der Waals surface area contributed by atoms with Gasteiger partial charge in [-0.05, 0) is 18.4 Å². The van der Waals surface area contributed by atoms with Crippen LogP contribution in [0.4, 0.5) is 0 Å². The van der Waals surface area contributed by atoms with Gasteiger partial charge in [0.15, 0.2) is 0 Å². The predicted octanol–water partition coefficient (Wildman–Crippen LogP) is 1.70. The minimum atomic E-state index is -0.376. The molecule has 2 amide bonds. The Morgan fingerprint density at radius 3 is 2.37 bits per heavy atom. The van der Waals surface area contributed by atoms with Crippen LogP contribution in [0.1, 0.15) is 32.3 Å². The maximum absolute atomic E-state index is 12.4. The quantitative estimate of drug-likeness (QED) is 0.896. The number of hydrogen-bond acceptors (Lipinski definition) is 2. The van der Waals surface area contributed by atoms with E-state index in [1.54, 1.807) is 4.90 Å². The van der Waals surface area contributed by atoms with Crippen molar-refractivity contribution >= 4 is 11.8 Å². The van der Waals surface area contributed by atoms with Crippen LogP contribution in [0.3, 0.4) is 0 Å². The van der Waals surface area contributed by atoms with E-state index in [1.165, 1.54) is 0 Å². The van der Waals surface area contributed by atoms with E-state index in [2.05, 4.69) is 5.32 Å². The van der Waals surface area contributed by atoms with E-state index >= 15 is 0 Å². The summed E-state index contributed by atoms with van der Waals surface area (Å²) in [6, 6.07) is 9.07. The van der Waals surface area contributed by atoms with Gasteiger partial charge in [-0.15, -0.1) is 0 Å². The number of benzene rings is 1. The third-order valence-corrected chi connectivity index (χ3v) is 3.57. The van der Waals surface area contributed by atoms with Gasteiger partial charge in [0.05, 0.1) is 0 Å². The SMILES string of the molecule is CCC1NC(=O)C(CC)N(Cc2ccccc2)C1=O. The van der Waals surface area contributed by atoms with E-state index in [1.807, 2.05) is 44.2 Å². The lowest BCUT2D eigenvalue weighted by Crippen LogP contribution is -2.62. The first-order chi connectivity index (χ1) is 9.17. The van der Waals surface area contributed by atoms with Gasteiger partial charge < -0.3 is 10.2 Å². The van der Waals surface area contributed by atoms with Gasteiger partial charge in [0.1, 0.15) is 12.1 Å². The highest BCUT2D eigenvalue weighted by Gasteiger charge is 2.38. The second-order valence-electron chi connectivity index (χ2n) is 4.85. The van der Waals surface area contributed by atoms with Crippen LogP contribution in [0.15, 0.2) is 30.3 Å². The molecule has 1 aliphatic rings. The monoisotopic (exact) mass is 260 g/mol. The van der Waals surface area contributed by atoms with Gasteiger partial charge in [0.2, 0.25) is 11.8 Å². The van der Waals surface area contributed by atoms with Crippen LogP contribution >= 0.6 is 0 Å². The topological polar surface area (TPSA) is 49.4 Å². The first kappa shape index (κ1) is 13.6. The summed E-state index contributed by atoms with van der Waals surface area (Å²) in [5.41, 5.74) is 1.05. The highest BCUT2D eigenvalue weighted by molar-refractivity contribution is 5.96. The first-order valence-corrected chi connectivity index (χ1v) is 6.82. The highest BCUT2D eigenvalue weighted by atomic mass is 16.2. The molecule has 102 valence electrons. The summed E-state index contributed by atoms with van der Waals surface area (Å²) >= 11 is 0. The molecule has 1 aromatic carbocycles. The third kappa shape index (κ3) is 2.78. The summed E-state index contributed by atoms with van der Waals surface area (Å²) in [6.45, 7) is 4.35. The number of nitrogens with zero attached hydrogens (tertiary/aromatic N) is 1. The molecule has 19 heavy (non-hydrogen) atoms. The molecule has 0 aromatic heterocycles. The Balaban J connectivity index is 2.22. The summed E-state index contributed by atoms with van der Waals surface area (Å²) in [4.78, 5) is 26.1. The van der Waals surface area contributed by atoms with Crippen LogP contribution in [0, 0.1) is 0 Å². The smallest absolute Gasteiger partial charge is 0.246 e. The van der Waals surface area contributed by atoms with Crippen molar-refractivity contribution in [2.24, 2.45) is 0 Å². The second kappa shape index (κ2) is 5.87. The van der Waals surface area contributed by atoms with E-state index in [0.29, 0.717) is 19.4 Å². The molecule has 0 aliphatic carbocycles. The van der Waals surface area contributed by atoms with E-state index in [0.717, 1.165) is 5.56 Å². The van der Waals surface area contributed by atoms with Crippen LogP contribution in [-0.2, 0) is 16.1 Å². The lowest BCUT2D eigenvalue weighted by atomic mass is 10.0. The molecule has 1 aliphatic heterocycles. The largest absolute Gasteiger partial charge is 0.343 e. The summed E-state index contributed by atoms with van der Waals surface area (Å²) in [7, 11) is 0. The molecule has 2 rings (SSSR count). The molecule has 1 N–H and O–H groups in total. The Hall–Kier alpha value is -1.84. The van der Waals surface area contributed by atoms with E-state index < -0.39 is 0 Å². The number of hydrogen-bond donors (Lipinski definition) is 1. The van der Waals surface area contributed by atoms with E-state index in [4.69, 9.17) is 0 Å². The molecule has 1 fully saturated rings. The molecule has 0 saturated carbocycles. The van der Waals surface area contributed by atoms with Crippen molar-refractivity contribution in [3.63, 3.8) is 0 Å². The van der Waals surface area contributed by atoms with Crippen molar-refractivity contribution in [3.8, 4) is 0 Å². The van der Waals surface area contributed by atoms with Gasteiger partial charge in [0, 0.05) is 6.54 Å². The van der Waals surface area contributed by atoms with Crippen molar-refractivity contribution in [2.75, 3.05) is 0 Å². The lowest BCUT2D eigenvalue weighted by molar-refractivity contribution is -0.150. The van der Waals surface area contributed by atoms with Crippen LogP contribution in [-0.4, -0.2) is 28.8 Å². The maximum Gasteiger partial charge on any atom is 0.246 e. The average Bonchev–Trinajstić information content (AvgIpc) is 2.44. The number of amides is 2. The molecule has 1 saturated heterocycles. The fourth-order valence-corrected chi connectivity index (χ4v) is 2.48. The number of carbonyl (C=O) groups is 2. The molecule has 4 nitrogen and oxygen atoms in total. The molecule has 0 spiro atoms. The highest BCUT2D eigenvalue weighted by Crippen LogP contribution is 2.18. The molecular weight excluding hydrogens is 240 g/mol. The number of piperazine rings is 1. The van der Waals surface area contributed by atoms with Gasteiger partial charge in [0.25, 0.3) is 0 Å². The zero-order valence-corrected chi connectivity index (χ0v) is 11.4. The van der Waals surface area contributed by atoms with Crippen molar-refractivity contribution in [1.82, 2.24) is 10.2 Å². The Morgan fingerprint density at radius 1 is 1.11 bits per heavy atom. The predicted molar refractivity (Wildman–Crippen MR) is 73.3 cm³/mol. The molecule has 0 radical (unpaired) electrons. The van der Waals surface area contributed by atoms with Crippen molar-refractivity contribution in [1.29, 1.82) is 0 Å². The third-order valence-electron chi connectivity index (χ3n) is 3.57. The Labute approximate surface area is 113 Å². The van der Waals surface area contributed by atoms with Gasteiger partial charge in [-0.1, -0.05) is 44.2 Å². The van der Waals surface area contributed by atoms with Crippen LogP contribution < -0.4 is 5.32 Å². The van der Waals surface area contributed by atoms with E-state index in [-0.39, 0.29) is 23.9 Å². The molecule has 0 bridgehead atoms. The molecule has 1 aromatic rings. The summed E-state index contributed by atoms with van der Waals surface area (Å²) in [5, 5.41) is 2.80. The number of rotatable bonds is 4. The lowest BCUT2D eigenvalue weighted by Gasteiger charge is -2.38. The minimum Gasteiger partial charge on any atom is -0.343 e. The Morgan fingerprint density at radius 2 is 1.79 bits per heavy atom. The standard InChI is InChI=1S/C15H20N2O2/c1-3-12-15(19)17(13(4-2)14(18)16-12)10-11-8-6-5-7-9-11/h5-9,12-13H,3-4,10H2,1-2H3,(H,16,18). The van der Waals surface area contributed by atoms with Gasteiger partial charge in [-0.3, -0.25) is 9.59 Å². The molecule has 2 unspecified atom stereocenters. The van der Waals surface area contributed by atoms with Gasteiger partial charge in [-0.25, -0.2) is 0 Å². The average molecular weight is 260 g/mol. The van der Waals surface area contributed by atoms with Crippen molar-refractivity contribution in [2.45, 2.75) is 45.3 Å². The molecule has 4 heteroatoms. The van der Waals surface area contributed by atoms with Crippen molar-refractivity contribution < 1.29 is 9.59 Å². The molecule has 2 atom stereocenters. The zero-order chi connectivity index (χ0) is 13.8. The molecule has 1 heterocycles. The fourth-order valence-electron chi connectivity index (χ4n) is 2.48. The van der Waals surface area contributed by atoms with Gasteiger partial charge >= 0.3 is 0 Å². The zero-order valence-electron chi connectivity index (χ0n) is 11.4. The van der Waals surface area contributed by atoms with Crippen LogP contribution in [0.25, 0.3) is 0 Å². The number of carbonyl (C=O) groups excluding carboxylic acids is 2. The normalized spacial score (nSPS) is 23.4. The minimum absolute atomic E-state index is 0.0257. The van der Waals surface area contributed by atoms with Crippen molar-refractivity contribution in [3.05, 3.63) is 35.9 Å².